The summed E-state index contributed by atoms with van der Waals surface area (Å²) in [6, 6.07) is 7.27. The summed E-state index contributed by atoms with van der Waals surface area (Å²) in [6.45, 7) is 8.31. The van der Waals surface area contributed by atoms with E-state index in [1.54, 1.807) is 11.8 Å². The predicted molar refractivity (Wildman–Crippen MR) is 145 cm³/mol. The molecule has 214 valence electrons. The van der Waals surface area contributed by atoms with Crippen molar-refractivity contribution in [2.24, 2.45) is 0 Å². The van der Waals surface area contributed by atoms with Crippen molar-refractivity contribution in [3.63, 3.8) is 0 Å². The highest BCUT2D eigenvalue weighted by atomic mass is 32.1. The number of carbonyl (C=O) groups excluding carboxylic acids is 2. The van der Waals surface area contributed by atoms with Crippen LogP contribution in [0.15, 0.2) is 36.4 Å². The first-order valence-electron chi connectivity index (χ1n) is 12.6. The van der Waals surface area contributed by atoms with Crippen LogP contribution < -0.4 is 14.8 Å². The van der Waals surface area contributed by atoms with Crippen molar-refractivity contribution in [2.75, 3.05) is 25.6 Å². The number of fused-ring (bicyclic) bond motifs is 1. The van der Waals surface area contributed by atoms with E-state index < -0.39 is 29.2 Å². The van der Waals surface area contributed by atoms with Crippen LogP contribution in [-0.2, 0) is 22.4 Å². The maximum absolute atomic E-state index is 13.7. The van der Waals surface area contributed by atoms with Gasteiger partial charge in [0.2, 0.25) is 0 Å². The third-order valence-corrected chi connectivity index (χ3v) is 6.55. The molecule has 2 amide bonds. The highest BCUT2D eigenvalue weighted by Crippen LogP contribution is 2.32. The number of nitrogens with zero attached hydrogens (tertiary/aromatic N) is 2. The average molecular weight is 576 g/mol. The quantitative estimate of drug-likeness (QED) is 0.343. The highest BCUT2D eigenvalue weighted by molar-refractivity contribution is 7.15. The fourth-order valence-electron chi connectivity index (χ4n) is 3.95. The van der Waals surface area contributed by atoms with E-state index in [1.165, 1.54) is 36.6 Å². The zero-order valence-corrected chi connectivity index (χ0v) is 23.7. The molecular formula is C28H31F2N3O6S. The Bertz CT molecular complexity index is 1370. The third-order valence-electron chi connectivity index (χ3n) is 5.56. The predicted octanol–water partition coefficient (Wildman–Crippen LogP) is 6.17. The lowest BCUT2D eigenvalue weighted by Crippen LogP contribution is -2.39. The fraction of sp³-hybridized carbons (Fsp3) is 0.393. The second-order valence-electron chi connectivity index (χ2n) is 10.3. The molecule has 3 aromatic rings. The molecule has 1 aliphatic rings. The number of hydrogen-bond acceptors (Lipinski definition) is 8. The van der Waals surface area contributed by atoms with Crippen LogP contribution in [0.25, 0.3) is 0 Å². The van der Waals surface area contributed by atoms with Crippen molar-refractivity contribution >= 4 is 28.5 Å². The molecule has 1 aliphatic heterocycles. The number of methoxy groups -OCH3 is 1. The third kappa shape index (κ3) is 7.89. The Morgan fingerprint density at radius 3 is 2.42 bits per heavy atom. The van der Waals surface area contributed by atoms with Crippen molar-refractivity contribution in [1.82, 2.24) is 9.88 Å². The Morgan fingerprint density at radius 2 is 1.75 bits per heavy atom. The summed E-state index contributed by atoms with van der Waals surface area (Å²) in [5.41, 5.74) is 0.384. The molecule has 0 saturated heterocycles. The van der Waals surface area contributed by atoms with Gasteiger partial charge in [0.25, 0.3) is 5.91 Å². The van der Waals surface area contributed by atoms with Gasteiger partial charge < -0.3 is 23.8 Å². The molecule has 0 aliphatic carbocycles. The van der Waals surface area contributed by atoms with Gasteiger partial charge in [-0.3, -0.25) is 10.1 Å². The summed E-state index contributed by atoms with van der Waals surface area (Å²) >= 11 is 1.27. The topological polar surface area (TPSA) is 99.2 Å². The number of ether oxygens (including phenoxy) is 4. The van der Waals surface area contributed by atoms with E-state index in [0.717, 1.165) is 28.8 Å². The second-order valence-corrected chi connectivity index (χ2v) is 11.4. The monoisotopic (exact) mass is 575 g/mol. The van der Waals surface area contributed by atoms with Gasteiger partial charge in [0.1, 0.15) is 40.6 Å². The number of nitrogens with one attached hydrogen (secondary N) is 1. The lowest BCUT2D eigenvalue weighted by molar-refractivity contribution is 0.0225. The minimum atomic E-state index is -0.799. The lowest BCUT2D eigenvalue weighted by Gasteiger charge is -2.29. The first kappa shape index (κ1) is 29.2. The number of hydrogen-bond donors (Lipinski definition) is 1. The van der Waals surface area contributed by atoms with Crippen LogP contribution >= 0.6 is 11.3 Å². The number of carbonyl (C=O) groups is 2. The molecule has 0 radical (unpaired) electrons. The molecule has 12 heteroatoms. The molecular weight excluding hydrogens is 544 g/mol. The molecule has 2 heterocycles. The summed E-state index contributed by atoms with van der Waals surface area (Å²) in [4.78, 5) is 32.7. The Hall–Kier alpha value is -3.77. The van der Waals surface area contributed by atoms with Gasteiger partial charge in [-0.25, -0.2) is 18.6 Å². The van der Waals surface area contributed by atoms with E-state index in [9.17, 15) is 18.4 Å². The van der Waals surface area contributed by atoms with Gasteiger partial charge in [0.05, 0.1) is 18.8 Å². The van der Waals surface area contributed by atoms with E-state index in [1.807, 2.05) is 20.8 Å². The van der Waals surface area contributed by atoms with Crippen LogP contribution in [0.5, 0.6) is 17.2 Å². The van der Waals surface area contributed by atoms with Gasteiger partial charge in [-0.1, -0.05) is 11.3 Å². The molecule has 4 rings (SSSR count). The molecule has 0 saturated carbocycles. The number of thiazole rings is 1. The number of benzene rings is 2. The maximum Gasteiger partial charge on any atom is 0.410 e. The average Bonchev–Trinajstić information content (AvgIpc) is 3.23. The van der Waals surface area contributed by atoms with Crippen LogP contribution in [0.3, 0.4) is 0 Å². The molecule has 40 heavy (non-hydrogen) atoms. The van der Waals surface area contributed by atoms with Crippen LogP contribution in [-0.4, -0.2) is 53.9 Å². The van der Waals surface area contributed by atoms with E-state index >= 15 is 0 Å². The molecule has 2 aromatic carbocycles. The zero-order chi connectivity index (χ0) is 29.0. The van der Waals surface area contributed by atoms with Crippen molar-refractivity contribution in [1.29, 1.82) is 0 Å². The molecule has 0 bridgehead atoms. The van der Waals surface area contributed by atoms with Crippen LogP contribution in [0, 0.1) is 11.6 Å². The van der Waals surface area contributed by atoms with Gasteiger partial charge >= 0.3 is 6.09 Å². The van der Waals surface area contributed by atoms with E-state index in [2.05, 4.69) is 10.3 Å². The number of rotatable bonds is 8. The molecule has 9 nitrogen and oxygen atoms in total. The van der Waals surface area contributed by atoms with Crippen molar-refractivity contribution in [3.05, 3.63) is 64.2 Å². The van der Waals surface area contributed by atoms with Crippen molar-refractivity contribution in [3.8, 4) is 17.2 Å². The Balaban J connectivity index is 1.53. The molecule has 1 aromatic heterocycles. The second kappa shape index (κ2) is 12.2. The van der Waals surface area contributed by atoms with Crippen LogP contribution in [0.2, 0.25) is 0 Å². The van der Waals surface area contributed by atoms with Gasteiger partial charge in [0, 0.05) is 54.8 Å². The first-order chi connectivity index (χ1) is 18.9. The van der Waals surface area contributed by atoms with Gasteiger partial charge in [0.15, 0.2) is 5.13 Å². The van der Waals surface area contributed by atoms with E-state index in [4.69, 9.17) is 18.9 Å². The van der Waals surface area contributed by atoms with Crippen molar-refractivity contribution in [2.45, 2.75) is 52.4 Å². The fourth-order valence-corrected chi connectivity index (χ4v) is 4.97. The Kier molecular flexibility index (Phi) is 8.89. The molecule has 1 N–H and O–H groups in total. The van der Waals surface area contributed by atoms with E-state index in [-0.39, 0.29) is 23.2 Å². The Morgan fingerprint density at radius 1 is 1.07 bits per heavy atom. The van der Waals surface area contributed by atoms with E-state index in [0.29, 0.717) is 37.0 Å². The van der Waals surface area contributed by atoms with Crippen LogP contribution in [0.1, 0.15) is 48.6 Å². The zero-order valence-electron chi connectivity index (χ0n) is 22.9. The summed E-state index contributed by atoms with van der Waals surface area (Å²) in [7, 11) is 1.54. The van der Waals surface area contributed by atoms with Crippen molar-refractivity contribution < 1.29 is 37.3 Å². The normalized spacial score (nSPS) is 13.8. The number of aromatic nitrogens is 1. The minimum absolute atomic E-state index is 0.0758. The number of anilines is 1. The maximum atomic E-state index is 13.7. The summed E-state index contributed by atoms with van der Waals surface area (Å²) in [5, 5.41) is 3.16. The smallest absolute Gasteiger partial charge is 0.410 e. The summed E-state index contributed by atoms with van der Waals surface area (Å²) in [5.74, 6) is -1.72. The lowest BCUT2D eigenvalue weighted by atomic mass is 10.2. The molecule has 0 spiro atoms. The number of amides is 2. The summed E-state index contributed by atoms with van der Waals surface area (Å²) in [6.07, 6.45) is -0.215. The minimum Gasteiger partial charge on any atom is -0.488 e. The standard InChI is InChI=1S/C28H31F2N3O6S/c1-16(15-36-5)37-20-8-17(9-21(13-20)38-22-11-18(29)10-19(30)12-22)25(34)32-26-31-23-6-7-33(14-24(23)40-26)27(35)39-28(2,3)4/h8-13,16H,6-7,14-15H2,1-5H3,(H,31,32,34). The largest absolute Gasteiger partial charge is 0.488 e. The molecule has 0 fully saturated rings. The SMILES string of the molecule is COCC(C)Oc1cc(Oc2cc(F)cc(F)c2)cc(C(=O)Nc2nc3c(s2)CN(C(=O)OC(C)(C)C)CC3)c1. The summed E-state index contributed by atoms with van der Waals surface area (Å²) < 4.78 is 49.5. The van der Waals surface area contributed by atoms with Gasteiger partial charge in [-0.2, -0.15) is 0 Å². The van der Waals surface area contributed by atoms with Gasteiger partial charge in [-0.15, -0.1) is 0 Å². The molecule has 1 atom stereocenters. The van der Waals surface area contributed by atoms with Crippen LogP contribution in [0.4, 0.5) is 18.7 Å². The Labute approximate surface area is 235 Å². The van der Waals surface area contributed by atoms with Gasteiger partial charge in [-0.05, 0) is 39.8 Å². The number of halogens is 2. The first-order valence-corrected chi connectivity index (χ1v) is 13.4. The highest BCUT2D eigenvalue weighted by Gasteiger charge is 2.28. The molecule has 1 unspecified atom stereocenters.